The first kappa shape index (κ1) is 10.9. The molecule has 0 saturated heterocycles. The summed E-state index contributed by atoms with van der Waals surface area (Å²) in [4.78, 5) is 0.422. The highest BCUT2D eigenvalue weighted by Crippen LogP contribution is 2.34. The number of benzene rings is 1. The van der Waals surface area contributed by atoms with E-state index in [9.17, 15) is 8.42 Å². The highest BCUT2D eigenvalue weighted by molar-refractivity contribution is 7.92. The maximum absolute atomic E-state index is 12.0. The van der Waals surface area contributed by atoms with Crippen LogP contribution in [0.5, 0.6) is 0 Å². The summed E-state index contributed by atoms with van der Waals surface area (Å²) >= 11 is 5.82. The summed E-state index contributed by atoms with van der Waals surface area (Å²) in [6.45, 7) is 0.394. The molecule has 0 radical (unpaired) electrons. The number of hydrogen-bond acceptors (Lipinski definition) is 3. The molecular weight excluding hydrogens is 234 g/mol. The van der Waals surface area contributed by atoms with E-state index >= 15 is 0 Å². The van der Waals surface area contributed by atoms with Gasteiger partial charge in [0.1, 0.15) is 0 Å². The fourth-order valence-corrected chi connectivity index (χ4v) is 4.13. The first-order valence-corrected chi connectivity index (χ1v) is 6.70. The van der Waals surface area contributed by atoms with E-state index in [1.54, 1.807) is 18.2 Å². The van der Waals surface area contributed by atoms with E-state index in [0.717, 1.165) is 5.56 Å². The molecule has 1 aromatic rings. The Hall–Kier alpha value is -0.580. The maximum atomic E-state index is 12.0. The summed E-state index contributed by atoms with van der Waals surface area (Å²) in [7, 11) is -3.16. The molecule has 0 fully saturated rings. The third-order valence-electron chi connectivity index (χ3n) is 2.70. The smallest absolute Gasteiger partial charge is 0.181 e. The van der Waals surface area contributed by atoms with Gasteiger partial charge in [-0.2, -0.15) is 0 Å². The van der Waals surface area contributed by atoms with E-state index < -0.39 is 9.84 Å². The Labute approximate surface area is 94.2 Å². The lowest BCUT2D eigenvalue weighted by atomic mass is 10.1. The first-order chi connectivity index (χ1) is 7.05. The second-order valence-electron chi connectivity index (χ2n) is 3.70. The molecule has 3 nitrogen and oxygen atoms in total. The summed E-state index contributed by atoms with van der Waals surface area (Å²) < 4.78 is 24.0. The standard InChI is InChI=1S/C10H12ClNO2S/c11-8-1-2-10-7(5-8)6-9(3-4-12)15(10,13)14/h1-2,5,9H,3-4,6,12H2. The van der Waals surface area contributed by atoms with E-state index in [4.69, 9.17) is 17.3 Å². The SMILES string of the molecule is NCCC1Cc2cc(Cl)ccc2S1(=O)=O. The zero-order chi connectivity index (χ0) is 11.1. The molecule has 2 N–H and O–H groups in total. The van der Waals surface area contributed by atoms with Crippen molar-refractivity contribution in [3.05, 3.63) is 28.8 Å². The Kier molecular flexibility index (Phi) is 2.75. The molecule has 82 valence electrons. The summed E-state index contributed by atoms with van der Waals surface area (Å²) in [5.41, 5.74) is 6.22. The topological polar surface area (TPSA) is 60.2 Å². The fraction of sp³-hybridized carbons (Fsp3) is 0.400. The van der Waals surface area contributed by atoms with Gasteiger partial charge in [-0.3, -0.25) is 0 Å². The summed E-state index contributed by atoms with van der Waals surface area (Å²) in [5, 5.41) is 0.216. The van der Waals surface area contributed by atoms with Crippen molar-refractivity contribution in [2.45, 2.75) is 23.0 Å². The molecule has 5 heteroatoms. The zero-order valence-corrected chi connectivity index (χ0v) is 9.68. The Balaban J connectivity index is 2.48. The van der Waals surface area contributed by atoms with Crippen LogP contribution in [0.15, 0.2) is 23.1 Å². The lowest BCUT2D eigenvalue weighted by Crippen LogP contribution is -2.20. The van der Waals surface area contributed by atoms with Crippen molar-refractivity contribution in [3.63, 3.8) is 0 Å². The van der Waals surface area contributed by atoms with Crippen molar-refractivity contribution in [3.8, 4) is 0 Å². The molecule has 1 atom stereocenters. The van der Waals surface area contributed by atoms with Crippen molar-refractivity contribution in [1.82, 2.24) is 0 Å². The van der Waals surface area contributed by atoms with Crippen molar-refractivity contribution >= 4 is 21.4 Å². The Morgan fingerprint density at radius 3 is 2.87 bits per heavy atom. The predicted molar refractivity (Wildman–Crippen MR) is 59.8 cm³/mol. The van der Waals surface area contributed by atoms with Crippen LogP contribution in [0.3, 0.4) is 0 Å². The number of fused-ring (bicyclic) bond motifs is 1. The highest BCUT2D eigenvalue weighted by Gasteiger charge is 2.36. The molecular formula is C10H12ClNO2S. The van der Waals surface area contributed by atoms with Gasteiger partial charge in [0.2, 0.25) is 0 Å². The lowest BCUT2D eigenvalue weighted by molar-refractivity contribution is 0.580. The average Bonchev–Trinajstić information content (AvgIpc) is 2.39. The molecule has 0 spiro atoms. The number of nitrogens with two attached hydrogens (primary N) is 1. The second kappa shape index (κ2) is 3.77. The zero-order valence-electron chi connectivity index (χ0n) is 8.11. The molecule has 15 heavy (non-hydrogen) atoms. The molecule has 2 rings (SSSR count). The predicted octanol–water partition coefficient (Wildman–Crippen LogP) is 1.39. The summed E-state index contributed by atoms with van der Waals surface area (Å²) in [6, 6.07) is 4.93. The van der Waals surface area contributed by atoms with Crippen LogP contribution in [0.4, 0.5) is 0 Å². The highest BCUT2D eigenvalue weighted by atomic mass is 35.5. The van der Waals surface area contributed by atoms with Gasteiger partial charge in [-0.25, -0.2) is 8.42 Å². The van der Waals surface area contributed by atoms with Gasteiger partial charge in [0.05, 0.1) is 10.1 Å². The van der Waals surface area contributed by atoms with Gasteiger partial charge in [0, 0.05) is 5.02 Å². The van der Waals surface area contributed by atoms with E-state index in [0.29, 0.717) is 29.3 Å². The van der Waals surface area contributed by atoms with Gasteiger partial charge < -0.3 is 5.73 Å². The number of sulfone groups is 1. The van der Waals surface area contributed by atoms with E-state index in [2.05, 4.69) is 0 Å². The van der Waals surface area contributed by atoms with Crippen molar-refractivity contribution in [2.24, 2.45) is 5.73 Å². The molecule has 0 aliphatic carbocycles. The summed E-state index contributed by atoms with van der Waals surface area (Å²) in [6.07, 6.45) is 1.05. The third-order valence-corrected chi connectivity index (χ3v) is 5.23. The average molecular weight is 246 g/mol. The molecule has 1 aliphatic heterocycles. The van der Waals surface area contributed by atoms with Gasteiger partial charge in [-0.1, -0.05) is 11.6 Å². The fourth-order valence-electron chi connectivity index (χ4n) is 1.96. The van der Waals surface area contributed by atoms with Crippen molar-refractivity contribution in [2.75, 3.05) is 6.54 Å². The minimum Gasteiger partial charge on any atom is -0.330 e. The van der Waals surface area contributed by atoms with Crippen LogP contribution in [0.2, 0.25) is 5.02 Å². The largest absolute Gasteiger partial charge is 0.330 e. The molecule has 0 bridgehead atoms. The van der Waals surface area contributed by atoms with Crippen LogP contribution in [0.1, 0.15) is 12.0 Å². The normalized spacial score (nSPS) is 22.7. The van der Waals surface area contributed by atoms with Crippen LogP contribution in [-0.2, 0) is 16.3 Å². The monoisotopic (exact) mass is 245 g/mol. The van der Waals surface area contributed by atoms with Gasteiger partial charge in [-0.15, -0.1) is 0 Å². The van der Waals surface area contributed by atoms with Gasteiger partial charge in [0.15, 0.2) is 9.84 Å². The van der Waals surface area contributed by atoms with E-state index in [1.165, 1.54) is 0 Å². The number of hydrogen-bond donors (Lipinski definition) is 1. The van der Waals surface area contributed by atoms with Crippen LogP contribution in [0, 0.1) is 0 Å². The minimum atomic E-state index is -3.16. The van der Waals surface area contributed by atoms with Crippen molar-refractivity contribution < 1.29 is 8.42 Å². The molecule has 1 aliphatic rings. The van der Waals surface area contributed by atoms with Crippen LogP contribution < -0.4 is 5.73 Å². The second-order valence-corrected chi connectivity index (χ2v) is 6.33. The van der Waals surface area contributed by atoms with E-state index in [1.807, 2.05) is 0 Å². The minimum absolute atomic E-state index is 0.365. The molecule has 1 unspecified atom stereocenters. The maximum Gasteiger partial charge on any atom is 0.181 e. The van der Waals surface area contributed by atoms with E-state index in [-0.39, 0.29) is 5.25 Å². The number of rotatable bonds is 2. The number of halogens is 1. The van der Waals surface area contributed by atoms with Crippen molar-refractivity contribution in [1.29, 1.82) is 0 Å². The van der Waals surface area contributed by atoms with Crippen LogP contribution >= 0.6 is 11.6 Å². The Morgan fingerprint density at radius 1 is 1.47 bits per heavy atom. The first-order valence-electron chi connectivity index (χ1n) is 4.78. The molecule has 1 aromatic carbocycles. The van der Waals surface area contributed by atoms with Gasteiger partial charge in [-0.05, 0) is 43.1 Å². The van der Waals surface area contributed by atoms with Gasteiger partial charge >= 0.3 is 0 Å². The lowest BCUT2D eigenvalue weighted by Gasteiger charge is -2.06. The van der Waals surface area contributed by atoms with Crippen LogP contribution in [-0.4, -0.2) is 20.2 Å². The summed E-state index contributed by atoms with van der Waals surface area (Å²) in [5.74, 6) is 0. The Morgan fingerprint density at radius 2 is 2.20 bits per heavy atom. The molecule has 0 amide bonds. The molecule has 0 aromatic heterocycles. The Bertz CT molecular complexity index is 484. The third kappa shape index (κ3) is 1.77. The van der Waals surface area contributed by atoms with Gasteiger partial charge in [0.25, 0.3) is 0 Å². The quantitative estimate of drug-likeness (QED) is 0.857. The molecule has 0 saturated carbocycles. The molecule has 1 heterocycles. The van der Waals surface area contributed by atoms with Crippen LogP contribution in [0.25, 0.3) is 0 Å².